The van der Waals surface area contributed by atoms with Gasteiger partial charge in [-0.15, -0.1) is 0 Å². The van der Waals surface area contributed by atoms with Crippen LogP contribution in [0.3, 0.4) is 0 Å². The average Bonchev–Trinajstić information content (AvgIpc) is 3.07. The number of ether oxygens (including phenoxy) is 3. The van der Waals surface area contributed by atoms with Gasteiger partial charge >= 0.3 is 5.97 Å². The van der Waals surface area contributed by atoms with E-state index in [1.165, 1.54) is 7.11 Å². The van der Waals surface area contributed by atoms with E-state index < -0.39 is 17.7 Å². The molecule has 2 fully saturated rings. The molecule has 1 aromatic carbocycles. The molecule has 2 aliphatic heterocycles. The number of benzene rings is 1. The molecule has 2 heterocycles. The van der Waals surface area contributed by atoms with Gasteiger partial charge in [0.2, 0.25) is 12.1 Å². The molecule has 1 amide bonds. The van der Waals surface area contributed by atoms with Gasteiger partial charge in [0.05, 0.1) is 20.3 Å². The summed E-state index contributed by atoms with van der Waals surface area (Å²) in [7, 11) is 3.08. The Morgan fingerprint density at radius 2 is 2.00 bits per heavy atom. The molecule has 2 saturated heterocycles. The number of hydrogen-bond donors (Lipinski definition) is 0. The summed E-state index contributed by atoms with van der Waals surface area (Å²) >= 11 is 0. The molecule has 25 heavy (non-hydrogen) atoms. The highest BCUT2D eigenvalue weighted by atomic mass is 16.6. The highest BCUT2D eigenvalue weighted by Crippen LogP contribution is 2.42. The molecule has 0 bridgehead atoms. The van der Waals surface area contributed by atoms with Crippen LogP contribution >= 0.6 is 0 Å². The van der Waals surface area contributed by atoms with Gasteiger partial charge in [0.1, 0.15) is 11.3 Å². The Balaban J connectivity index is 1.77. The Hall–Kier alpha value is -2.12. The molecule has 0 radical (unpaired) electrons. The van der Waals surface area contributed by atoms with Gasteiger partial charge in [0.25, 0.3) is 0 Å². The number of hydrogen-bond acceptors (Lipinski definition) is 6. The minimum atomic E-state index is -0.843. The lowest BCUT2D eigenvalue weighted by atomic mass is 9.84. The van der Waals surface area contributed by atoms with Crippen LogP contribution in [0.15, 0.2) is 24.3 Å². The first kappa shape index (κ1) is 17.7. The summed E-state index contributed by atoms with van der Waals surface area (Å²) in [5.74, 6) is 0.305. The first-order valence-corrected chi connectivity index (χ1v) is 8.49. The zero-order valence-electron chi connectivity index (χ0n) is 14.9. The van der Waals surface area contributed by atoms with Crippen LogP contribution in [0.4, 0.5) is 5.69 Å². The van der Waals surface area contributed by atoms with Gasteiger partial charge in [-0.3, -0.25) is 9.69 Å². The van der Waals surface area contributed by atoms with Gasteiger partial charge in [0, 0.05) is 19.3 Å². The number of anilines is 1. The SMILES string of the molecule is CCOC(=O)C(OC)N1CCCC12CN(c1ccc(OC)cc1)C2=O. The Labute approximate surface area is 147 Å². The van der Waals surface area contributed by atoms with Gasteiger partial charge in [-0.05, 0) is 44.0 Å². The smallest absolute Gasteiger partial charge is 0.350 e. The van der Waals surface area contributed by atoms with E-state index in [9.17, 15) is 9.59 Å². The van der Waals surface area contributed by atoms with E-state index >= 15 is 0 Å². The Kier molecular flexibility index (Phi) is 4.96. The van der Waals surface area contributed by atoms with Gasteiger partial charge in [0.15, 0.2) is 0 Å². The van der Waals surface area contributed by atoms with Crippen molar-refractivity contribution >= 4 is 17.6 Å². The van der Waals surface area contributed by atoms with E-state index in [1.54, 1.807) is 18.9 Å². The van der Waals surface area contributed by atoms with Crippen molar-refractivity contribution in [3.63, 3.8) is 0 Å². The number of amides is 1. The summed E-state index contributed by atoms with van der Waals surface area (Å²) in [6.45, 7) is 3.21. The van der Waals surface area contributed by atoms with Crippen molar-refractivity contribution in [3.8, 4) is 5.75 Å². The predicted molar refractivity (Wildman–Crippen MR) is 91.4 cm³/mol. The third-order valence-electron chi connectivity index (χ3n) is 4.98. The normalized spacial score (nSPS) is 24.3. The van der Waals surface area contributed by atoms with E-state index in [4.69, 9.17) is 14.2 Å². The number of carbonyl (C=O) groups is 2. The maximum atomic E-state index is 13.0. The zero-order chi connectivity index (χ0) is 18.0. The summed E-state index contributed by atoms with van der Waals surface area (Å²) in [6.07, 6.45) is 0.726. The highest BCUT2D eigenvalue weighted by Gasteiger charge is 2.61. The molecule has 136 valence electrons. The number of likely N-dealkylation sites (tertiary alicyclic amines) is 1. The van der Waals surface area contributed by atoms with Crippen molar-refractivity contribution in [1.82, 2.24) is 4.90 Å². The van der Waals surface area contributed by atoms with E-state index in [1.807, 2.05) is 29.2 Å². The molecule has 2 aliphatic rings. The molecule has 0 N–H and O–H groups in total. The second kappa shape index (κ2) is 7.01. The number of β-lactam (4-membered cyclic amide) rings is 1. The molecule has 0 aliphatic carbocycles. The maximum absolute atomic E-state index is 13.0. The average molecular weight is 348 g/mol. The first-order valence-electron chi connectivity index (χ1n) is 8.49. The Morgan fingerprint density at radius 3 is 2.56 bits per heavy atom. The van der Waals surface area contributed by atoms with E-state index in [2.05, 4.69) is 0 Å². The van der Waals surface area contributed by atoms with Crippen molar-refractivity contribution in [1.29, 1.82) is 0 Å². The fourth-order valence-electron chi connectivity index (χ4n) is 3.74. The third-order valence-corrected chi connectivity index (χ3v) is 4.98. The summed E-state index contributed by atoms with van der Waals surface area (Å²) in [4.78, 5) is 28.8. The van der Waals surface area contributed by atoms with Crippen LogP contribution < -0.4 is 9.64 Å². The van der Waals surface area contributed by atoms with Crippen LogP contribution in [-0.2, 0) is 19.1 Å². The topological polar surface area (TPSA) is 68.3 Å². The molecule has 7 heteroatoms. The highest BCUT2D eigenvalue weighted by molar-refractivity contribution is 6.08. The number of rotatable bonds is 6. The van der Waals surface area contributed by atoms with Gasteiger partial charge < -0.3 is 19.1 Å². The molecule has 3 rings (SSSR count). The number of methoxy groups -OCH3 is 2. The van der Waals surface area contributed by atoms with Crippen LogP contribution in [0.1, 0.15) is 19.8 Å². The van der Waals surface area contributed by atoms with Gasteiger partial charge in [-0.1, -0.05) is 0 Å². The van der Waals surface area contributed by atoms with Crippen LogP contribution in [0, 0.1) is 0 Å². The van der Waals surface area contributed by atoms with Gasteiger partial charge in [-0.2, -0.15) is 0 Å². The molecule has 0 saturated carbocycles. The second-order valence-electron chi connectivity index (χ2n) is 6.26. The van der Waals surface area contributed by atoms with Crippen molar-refractivity contribution in [3.05, 3.63) is 24.3 Å². The monoisotopic (exact) mass is 348 g/mol. The Bertz CT molecular complexity index is 647. The predicted octanol–water partition coefficient (Wildman–Crippen LogP) is 1.41. The van der Waals surface area contributed by atoms with Gasteiger partial charge in [-0.25, -0.2) is 4.79 Å². The lowest BCUT2D eigenvalue weighted by Crippen LogP contribution is -2.74. The van der Waals surface area contributed by atoms with Crippen LogP contribution in [-0.4, -0.2) is 62.5 Å². The minimum absolute atomic E-state index is 0.00140. The summed E-state index contributed by atoms with van der Waals surface area (Å²) in [5, 5.41) is 0. The summed E-state index contributed by atoms with van der Waals surface area (Å²) in [5.41, 5.74) is 0.154. The fourth-order valence-corrected chi connectivity index (χ4v) is 3.74. The maximum Gasteiger partial charge on any atom is 0.350 e. The molecule has 1 spiro atoms. The third kappa shape index (κ3) is 2.87. The fraction of sp³-hybridized carbons (Fsp3) is 0.556. The zero-order valence-corrected chi connectivity index (χ0v) is 14.9. The second-order valence-corrected chi connectivity index (χ2v) is 6.26. The van der Waals surface area contributed by atoms with Crippen molar-refractivity contribution in [2.75, 3.05) is 38.8 Å². The van der Waals surface area contributed by atoms with Crippen LogP contribution in [0.25, 0.3) is 0 Å². The van der Waals surface area contributed by atoms with Crippen molar-refractivity contribution in [2.45, 2.75) is 31.5 Å². The largest absolute Gasteiger partial charge is 0.497 e. The lowest BCUT2D eigenvalue weighted by molar-refractivity contribution is -0.177. The summed E-state index contributed by atoms with van der Waals surface area (Å²) in [6, 6.07) is 7.39. The quantitative estimate of drug-likeness (QED) is 0.572. The Morgan fingerprint density at radius 1 is 1.28 bits per heavy atom. The number of esters is 1. The molecule has 0 aromatic heterocycles. The molecule has 2 unspecified atom stereocenters. The number of nitrogens with zero attached hydrogens (tertiary/aromatic N) is 2. The van der Waals surface area contributed by atoms with E-state index in [0.29, 0.717) is 13.1 Å². The number of carbonyl (C=O) groups excluding carboxylic acids is 2. The minimum Gasteiger partial charge on any atom is -0.497 e. The molecule has 2 atom stereocenters. The first-order chi connectivity index (χ1) is 12.1. The summed E-state index contributed by atoms with van der Waals surface area (Å²) < 4.78 is 15.6. The lowest BCUT2D eigenvalue weighted by Gasteiger charge is -2.52. The molecule has 7 nitrogen and oxygen atoms in total. The van der Waals surface area contributed by atoms with Crippen molar-refractivity contribution in [2.24, 2.45) is 0 Å². The van der Waals surface area contributed by atoms with E-state index in [-0.39, 0.29) is 12.5 Å². The van der Waals surface area contributed by atoms with Crippen LogP contribution in [0.2, 0.25) is 0 Å². The van der Waals surface area contributed by atoms with E-state index in [0.717, 1.165) is 24.3 Å². The molecule has 1 aromatic rings. The van der Waals surface area contributed by atoms with Crippen molar-refractivity contribution < 1.29 is 23.8 Å². The molecular weight excluding hydrogens is 324 g/mol. The van der Waals surface area contributed by atoms with Crippen LogP contribution in [0.5, 0.6) is 5.75 Å². The molecular formula is C18H24N2O5. The standard InChI is InChI=1S/C18H24N2O5/c1-4-25-16(21)15(24-3)20-11-5-10-18(20)12-19(17(18)22)13-6-8-14(23-2)9-7-13/h6-9,15H,4-5,10-12H2,1-3H3.